The Morgan fingerprint density at radius 1 is 1.45 bits per heavy atom. The Bertz CT molecular complexity index is 346. The molecule has 114 valence electrons. The molecule has 1 N–H and O–H groups in total. The van der Waals surface area contributed by atoms with Crippen LogP contribution in [0.5, 0.6) is 0 Å². The Morgan fingerprint density at radius 3 is 2.75 bits per heavy atom. The average molecular weight is 280 g/mol. The molecule has 1 heterocycles. The summed E-state index contributed by atoms with van der Waals surface area (Å²) < 4.78 is 11.8. The van der Waals surface area contributed by atoms with Crippen molar-refractivity contribution in [2.24, 2.45) is 17.8 Å². The Balaban J connectivity index is 2.03. The first kappa shape index (κ1) is 15.7. The van der Waals surface area contributed by atoms with Crippen molar-refractivity contribution in [1.82, 2.24) is 0 Å². The predicted molar refractivity (Wildman–Crippen MR) is 80.2 cm³/mol. The number of aliphatic hydroxyl groups is 1. The molecule has 20 heavy (non-hydrogen) atoms. The molecular formula is C17H28O3. The summed E-state index contributed by atoms with van der Waals surface area (Å²) in [5.41, 5.74) is 1.12. The molecule has 2 rings (SSSR count). The maximum absolute atomic E-state index is 10.2. The van der Waals surface area contributed by atoms with E-state index in [1.54, 1.807) is 6.08 Å². The lowest BCUT2D eigenvalue weighted by Crippen LogP contribution is -2.32. The lowest BCUT2D eigenvalue weighted by atomic mass is 9.82. The van der Waals surface area contributed by atoms with Gasteiger partial charge in [-0.05, 0) is 44.4 Å². The smallest absolute Gasteiger partial charge is 0.157 e. The fraction of sp³-hybridized carbons (Fsp3) is 0.765. The van der Waals surface area contributed by atoms with Crippen molar-refractivity contribution in [3.05, 3.63) is 24.8 Å². The number of hydrogen-bond donors (Lipinski definition) is 1. The quantitative estimate of drug-likeness (QED) is 0.785. The minimum absolute atomic E-state index is 0.0680. The van der Waals surface area contributed by atoms with E-state index in [0.29, 0.717) is 5.92 Å². The van der Waals surface area contributed by atoms with E-state index in [1.807, 2.05) is 6.92 Å². The zero-order valence-electron chi connectivity index (χ0n) is 12.8. The van der Waals surface area contributed by atoms with Crippen LogP contribution in [0.3, 0.4) is 0 Å². The summed E-state index contributed by atoms with van der Waals surface area (Å²) in [6.07, 6.45) is 5.42. The molecule has 0 amide bonds. The highest BCUT2D eigenvalue weighted by Gasteiger charge is 2.45. The highest BCUT2D eigenvalue weighted by atomic mass is 16.7. The predicted octanol–water partition coefficient (Wildman–Crippen LogP) is 3.29. The van der Waals surface area contributed by atoms with Gasteiger partial charge in [0.25, 0.3) is 0 Å². The van der Waals surface area contributed by atoms with E-state index in [-0.39, 0.29) is 24.2 Å². The number of aliphatic hydroxyl groups excluding tert-OH is 1. The Labute approximate surface area is 122 Å². The van der Waals surface area contributed by atoms with Gasteiger partial charge in [-0.3, -0.25) is 0 Å². The number of allylic oxidation sites excluding steroid dienone is 1. The van der Waals surface area contributed by atoms with Crippen molar-refractivity contribution in [2.45, 2.75) is 58.0 Å². The van der Waals surface area contributed by atoms with Crippen LogP contribution in [-0.4, -0.2) is 30.2 Å². The summed E-state index contributed by atoms with van der Waals surface area (Å²) in [4.78, 5) is 0. The van der Waals surface area contributed by atoms with Gasteiger partial charge in [0.05, 0.1) is 12.2 Å². The summed E-state index contributed by atoms with van der Waals surface area (Å²) in [6.45, 7) is 12.8. The number of rotatable bonds is 5. The van der Waals surface area contributed by atoms with E-state index in [1.165, 1.54) is 6.42 Å². The molecule has 1 aliphatic heterocycles. The van der Waals surface area contributed by atoms with Crippen molar-refractivity contribution in [1.29, 1.82) is 0 Å². The first-order chi connectivity index (χ1) is 9.54. The molecule has 0 radical (unpaired) electrons. The van der Waals surface area contributed by atoms with E-state index in [4.69, 9.17) is 9.47 Å². The van der Waals surface area contributed by atoms with Gasteiger partial charge in [-0.25, -0.2) is 0 Å². The van der Waals surface area contributed by atoms with Crippen molar-refractivity contribution in [3.8, 4) is 0 Å². The minimum atomic E-state index is -0.493. The van der Waals surface area contributed by atoms with Crippen molar-refractivity contribution >= 4 is 0 Å². The third-order valence-corrected chi connectivity index (χ3v) is 4.88. The number of hydrogen-bond acceptors (Lipinski definition) is 3. The molecule has 1 unspecified atom stereocenters. The Hall–Kier alpha value is -0.640. The molecule has 0 aromatic carbocycles. The molecule has 0 aromatic heterocycles. The van der Waals surface area contributed by atoms with E-state index >= 15 is 0 Å². The first-order valence-corrected chi connectivity index (χ1v) is 7.77. The molecule has 0 aromatic rings. The zero-order chi connectivity index (χ0) is 14.7. The maximum Gasteiger partial charge on any atom is 0.157 e. The van der Waals surface area contributed by atoms with Gasteiger partial charge in [0.2, 0.25) is 0 Å². The van der Waals surface area contributed by atoms with E-state index < -0.39 is 6.10 Å². The van der Waals surface area contributed by atoms with Crippen molar-refractivity contribution < 1.29 is 14.6 Å². The van der Waals surface area contributed by atoms with E-state index in [0.717, 1.165) is 31.4 Å². The van der Waals surface area contributed by atoms with Crippen molar-refractivity contribution in [3.63, 3.8) is 0 Å². The molecule has 1 saturated carbocycles. The van der Waals surface area contributed by atoms with Gasteiger partial charge in [0.1, 0.15) is 0 Å². The molecular weight excluding hydrogens is 252 g/mol. The van der Waals surface area contributed by atoms with Gasteiger partial charge >= 0.3 is 0 Å². The Kier molecular flexibility index (Phi) is 5.42. The van der Waals surface area contributed by atoms with Crippen molar-refractivity contribution in [2.75, 3.05) is 6.61 Å². The molecule has 6 atom stereocenters. The normalized spacial score (nSPS) is 39.5. The first-order valence-electron chi connectivity index (χ1n) is 7.77. The summed E-state index contributed by atoms with van der Waals surface area (Å²) in [6, 6.07) is 0. The van der Waals surface area contributed by atoms with Gasteiger partial charge in [-0.15, -0.1) is 6.58 Å². The minimum Gasteiger partial charge on any atom is -0.389 e. The second-order valence-electron chi connectivity index (χ2n) is 6.32. The van der Waals surface area contributed by atoms with Crippen LogP contribution >= 0.6 is 0 Å². The molecule has 1 aliphatic carbocycles. The highest BCUT2D eigenvalue weighted by molar-refractivity contribution is 5.10. The summed E-state index contributed by atoms with van der Waals surface area (Å²) in [7, 11) is 0. The molecule has 3 nitrogen and oxygen atoms in total. The van der Waals surface area contributed by atoms with Crippen LogP contribution < -0.4 is 0 Å². The van der Waals surface area contributed by atoms with Gasteiger partial charge in [-0.2, -0.15) is 0 Å². The second-order valence-corrected chi connectivity index (χ2v) is 6.32. The lowest BCUT2D eigenvalue weighted by molar-refractivity contribution is -0.195. The standard InChI is InChI=1S/C17H28O3/c1-5-14(18)17-12(4)15(10-13(17)11(2)3)20-16-8-6-7-9-19-16/h5,12-18H,1-2,6-10H2,3-4H3/t12-,13+,14+,15-,16?,17+/m1/s1. The average Bonchev–Trinajstić information content (AvgIpc) is 2.77. The number of ether oxygens (including phenoxy) is 2. The SMILES string of the molecule is C=C[C@H](O)[C@H]1[C@H](C)[C@H](OC2CCCCO2)C[C@H]1C(=C)C. The monoisotopic (exact) mass is 280 g/mol. The van der Waals surface area contributed by atoms with Gasteiger partial charge < -0.3 is 14.6 Å². The zero-order valence-corrected chi connectivity index (χ0v) is 12.8. The van der Waals surface area contributed by atoms with Crippen LogP contribution in [0.15, 0.2) is 24.8 Å². The third kappa shape index (κ3) is 3.33. The molecule has 3 heteroatoms. The van der Waals surface area contributed by atoms with Gasteiger partial charge in [0.15, 0.2) is 6.29 Å². The van der Waals surface area contributed by atoms with Crippen LogP contribution in [-0.2, 0) is 9.47 Å². The summed E-state index contributed by atoms with van der Waals surface area (Å²) in [5.74, 6) is 0.736. The fourth-order valence-electron chi connectivity index (χ4n) is 3.67. The van der Waals surface area contributed by atoms with Crippen LogP contribution in [0.4, 0.5) is 0 Å². The summed E-state index contributed by atoms with van der Waals surface area (Å²) in [5, 5.41) is 10.2. The molecule has 2 aliphatic rings. The van der Waals surface area contributed by atoms with E-state index in [9.17, 15) is 5.11 Å². The van der Waals surface area contributed by atoms with E-state index in [2.05, 4.69) is 20.1 Å². The third-order valence-electron chi connectivity index (χ3n) is 4.88. The Morgan fingerprint density at radius 2 is 2.20 bits per heavy atom. The topological polar surface area (TPSA) is 38.7 Å². The molecule has 1 saturated heterocycles. The van der Waals surface area contributed by atoms with Gasteiger partial charge in [0, 0.05) is 12.5 Å². The maximum atomic E-state index is 10.2. The lowest BCUT2D eigenvalue weighted by Gasteiger charge is -2.29. The highest BCUT2D eigenvalue weighted by Crippen LogP contribution is 2.44. The van der Waals surface area contributed by atoms with Gasteiger partial charge in [-0.1, -0.05) is 25.2 Å². The molecule has 0 bridgehead atoms. The van der Waals surface area contributed by atoms with Crippen LogP contribution in [0.25, 0.3) is 0 Å². The van der Waals surface area contributed by atoms with Crippen LogP contribution in [0, 0.1) is 17.8 Å². The second kappa shape index (κ2) is 6.88. The fourth-order valence-corrected chi connectivity index (χ4v) is 3.67. The van der Waals surface area contributed by atoms with Crippen LogP contribution in [0.1, 0.15) is 39.5 Å². The molecule has 0 spiro atoms. The summed E-state index contributed by atoms with van der Waals surface area (Å²) >= 11 is 0. The van der Waals surface area contributed by atoms with Crippen LogP contribution in [0.2, 0.25) is 0 Å². The largest absolute Gasteiger partial charge is 0.389 e. The molecule has 2 fully saturated rings.